The van der Waals surface area contributed by atoms with Gasteiger partial charge in [0.05, 0.1) is 11.1 Å². The lowest BCUT2D eigenvalue weighted by Gasteiger charge is -2.31. The van der Waals surface area contributed by atoms with Crippen molar-refractivity contribution in [3.8, 4) is 11.5 Å². The van der Waals surface area contributed by atoms with Crippen LogP contribution in [0.4, 0.5) is 0 Å². The van der Waals surface area contributed by atoms with Gasteiger partial charge < -0.3 is 9.47 Å². The lowest BCUT2D eigenvalue weighted by Crippen LogP contribution is -2.39. The van der Waals surface area contributed by atoms with Crippen molar-refractivity contribution in [1.82, 2.24) is 14.1 Å². The van der Waals surface area contributed by atoms with Crippen LogP contribution in [0.25, 0.3) is 0 Å². The van der Waals surface area contributed by atoms with Gasteiger partial charge in [-0.3, -0.25) is 4.68 Å². The smallest absolute Gasteiger partial charge is 0.243 e. The highest BCUT2D eigenvalue weighted by Crippen LogP contribution is 2.35. The van der Waals surface area contributed by atoms with Crippen molar-refractivity contribution in [2.45, 2.75) is 23.7 Å². The van der Waals surface area contributed by atoms with E-state index < -0.39 is 10.0 Å². The quantitative estimate of drug-likeness (QED) is 0.831. The average Bonchev–Trinajstić information content (AvgIpc) is 3.08. The van der Waals surface area contributed by atoms with Gasteiger partial charge in [0.15, 0.2) is 11.5 Å². The first-order chi connectivity index (χ1) is 12.0. The Labute approximate surface area is 147 Å². The van der Waals surface area contributed by atoms with Crippen LogP contribution in [0.3, 0.4) is 0 Å². The van der Waals surface area contributed by atoms with Gasteiger partial charge in [0.25, 0.3) is 0 Å². The van der Waals surface area contributed by atoms with Crippen LogP contribution in [-0.2, 0) is 17.1 Å². The second kappa shape index (κ2) is 6.34. The van der Waals surface area contributed by atoms with E-state index in [0.29, 0.717) is 37.8 Å². The van der Waals surface area contributed by atoms with Gasteiger partial charge in [-0.2, -0.15) is 9.40 Å². The molecule has 7 nitrogen and oxygen atoms in total. The van der Waals surface area contributed by atoms with Gasteiger partial charge >= 0.3 is 0 Å². The van der Waals surface area contributed by atoms with Gasteiger partial charge in [0, 0.05) is 38.3 Å². The molecule has 8 heteroatoms. The van der Waals surface area contributed by atoms with Crippen molar-refractivity contribution in [3.63, 3.8) is 0 Å². The summed E-state index contributed by atoms with van der Waals surface area (Å²) in [7, 11) is -1.69. The summed E-state index contributed by atoms with van der Waals surface area (Å²) in [6, 6.07) is 4.83. The molecule has 1 unspecified atom stereocenters. The fourth-order valence-corrected chi connectivity index (χ4v) is 4.96. The molecule has 0 N–H and O–H groups in total. The van der Waals surface area contributed by atoms with E-state index in [1.54, 1.807) is 27.2 Å². The molecule has 1 fully saturated rings. The lowest BCUT2D eigenvalue weighted by molar-refractivity contribution is 0.171. The van der Waals surface area contributed by atoms with E-state index in [4.69, 9.17) is 9.47 Å². The Morgan fingerprint density at radius 2 is 2.00 bits per heavy atom. The van der Waals surface area contributed by atoms with Crippen molar-refractivity contribution in [1.29, 1.82) is 0 Å². The van der Waals surface area contributed by atoms with E-state index in [1.165, 1.54) is 0 Å². The molecule has 0 spiro atoms. The lowest BCUT2D eigenvalue weighted by atomic mass is 9.94. The largest absolute Gasteiger partial charge is 0.486 e. The summed E-state index contributed by atoms with van der Waals surface area (Å²) >= 11 is 0. The summed E-state index contributed by atoms with van der Waals surface area (Å²) < 4.78 is 40.4. The Balaban J connectivity index is 1.59. The molecule has 0 bridgehead atoms. The Hall–Kier alpha value is -2.06. The number of rotatable bonds is 3. The first-order valence-corrected chi connectivity index (χ1v) is 9.86. The third-order valence-electron chi connectivity index (χ3n) is 4.73. The van der Waals surface area contributed by atoms with E-state index in [-0.39, 0.29) is 10.8 Å². The first kappa shape index (κ1) is 16.4. The number of piperidine rings is 1. The molecule has 4 rings (SSSR count). The fourth-order valence-electron chi connectivity index (χ4n) is 3.42. The number of sulfonamides is 1. The Morgan fingerprint density at radius 3 is 2.76 bits per heavy atom. The van der Waals surface area contributed by atoms with Crippen LogP contribution in [-0.4, -0.2) is 48.8 Å². The van der Waals surface area contributed by atoms with Crippen molar-refractivity contribution < 1.29 is 17.9 Å². The number of fused-ring (bicyclic) bond motifs is 1. The predicted octanol–water partition coefficient (Wildman–Crippen LogP) is 1.76. The molecule has 134 valence electrons. The molecule has 0 aliphatic carbocycles. The minimum Gasteiger partial charge on any atom is -0.486 e. The molecular weight excluding hydrogens is 342 g/mol. The number of nitrogens with zero attached hydrogens (tertiary/aromatic N) is 3. The Kier molecular flexibility index (Phi) is 4.16. The molecule has 0 radical (unpaired) electrons. The number of aromatic nitrogens is 2. The molecule has 1 saturated heterocycles. The summed E-state index contributed by atoms with van der Waals surface area (Å²) in [5.41, 5.74) is 1.09. The van der Waals surface area contributed by atoms with Crippen molar-refractivity contribution in [2.24, 2.45) is 7.05 Å². The molecule has 0 amide bonds. The second-order valence-corrected chi connectivity index (χ2v) is 8.39. The highest BCUT2D eigenvalue weighted by molar-refractivity contribution is 7.89. The molecule has 3 heterocycles. The van der Waals surface area contributed by atoms with E-state index in [2.05, 4.69) is 5.10 Å². The maximum absolute atomic E-state index is 13.1. The first-order valence-electron chi connectivity index (χ1n) is 8.42. The van der Waals surface area contributed by atoms with Crippen molar-refractivity contribution in [3.05, 3.63) is 36.2 Å². The Morgan fingerprint density at radius 1 is 1.20 bits per heavy atom. The van der Waals surface area contributed by atoms with Crippen LogP contribution in [0.15, 0.2) is 35.5 Å². The summed E-state index contributed by atoms with van der Waals surface area (Å²) in [5.74, 6) is 1.26. The van der Waals surface area contributed by atoms with Gasteiger partial charge in [-0.15, -0.1) is 0 Å². The van der Waals surface area contributed by atoms with Crippen molar-refractivity contribution >= 4 is 10.0 Å². The van der Waals surface area contributed by atoms with E-state index in [1.807, 2.05) is 19.4 Å². The monoisotopic (exact) mass is 363 g/mol. The molecule has 1 aromatic carbocycles. The average molecular weight is 363 g/mol. The number of ether oxygens (including phenoxy) is 2. The van der Waals surface area contributed by atoms with Crippen LogP contribution in [0.2, 0.25) is 0 Å². The summed E-state index contributed by atoms with van der Waals surface area (Å²) in [5, 5.41) is 4.20. The molecule has 1 aromatic heterocycles. The highest BCUT2D eigenvalue weighted by atomic mass is 32.2. The Bertz CT molecular complexity index is 878. The van der Waals surface area contributed by atoms with E-state index in [0.717, 1.165) is 18.4 Å². The predicted molar refractivity (Wildman–Crippen MR) is 91.4 cm³/mol. The summed E-state index contributed by atoms with van der Waals surface area (Å²) in [6.45, 7) is 1.93. The molecule has 2 aliphatic heterocycles. The van der Waals surface area contributed by atoms with Crippen LogP contribution >= 0.6 is 0 Å². The van der Waals surface area contributed by atoms with Crippen LogP contribution in [0.5, 0.6) is 11.5 Å². The molecule has 1 atom stereocenters. The van der Waals surface area contributed by atoms with Gasteiger partial charge in [0.2, 0.25) is 10.0 Å². The third kappa shape index (κ3) is 3.11. The van der Waals surface area contributed by atoms with Crippen LogP contribution < -0.4 is 9.47 Å². The molecule has 0 saturated carbocycles. The second-order valence-electron chi connectivity index (χ2n) is 6.46. The molecule has 2 aromatic rings. The fraction of sp³-hybridized carbons (Fsp3) is 0.471. The minimum atomic E-state index is -3.56. The maximum atomic E-state index is 13.1. The molecule has 2 aliphatic rings. The molecule has 25 heavy (non-hydrogen) atoms. The normalized spacial score (nSPS) is 21.2. The summed E-state index contributed by atoms with van der Waals surface area (Å²) in [4.78, 5) is 0.253. The number of aryl methyl sites for hydroxylation is 1. The highest BCUT2D eigenvalue weighted by Gasteiger charge is 2.32. The standard InChI is InChI=1S/C17H21N3O4S/c1-19-11-14(10-18-19)13-3-2-6-20(12-13)25(21,22)15-4-5-16-17(9-15)24-8-7-23-16/h4-5,9-11,13H,2-3,6-8,12H2,1H3. The van der Waals surface area contributed by atoms with Gasteiger partial charge in [-0.1, -0.05) is 0 Å². The maximum Gasteiger partial charge on any atom is 0.243 e. The van der Waals surface area contributed by atoms with Gasteiger partial charge in [-0.05, 0) is 30.5 Å². The van der Waals surface area contributed by atoms with E-state index >= 15 is 0 Å². The molecular formula is C17H21N3O4S. The number of benzene rings is 1. The number of hydrogen-bond acceptors (Lipinski definition) is 5. The minimum absolute atomic E-state index is 0.175. The van der Waals surface area contributed by atoms with E-state index in [9.17, 15) is 8.42 Å². The zero-order valence-electron chi connectivity index (χ0n) is 14.1. The van der Waals surface area contributed by atoms with Crippen LogP contribution in [0, 0.1) is 0 Å². The third-order valence-corrected chi connectivity index (χ3v) is 6.59. The van der Waals surface area contributed by atoms with Crippen molar-refractivity contribution in [2.75, 3.05) is 26.3 Å². The van der Waals surface area contributed by atoms with Gasteiger partial charge in [-0.25, -0.2) is 8.42 Å². The zero-order chi connectivity index (χ0) is 17.4. The number of hydrogen-bond donors (Lipinski definition) is 0. The van der Waals surface area contributed by atoms with Crippen LogP contribution in [0.1, 0.15) is 24.3 Å². The topological polar surface area (TPSA) is 73.7 Å². The zero-order valence-corrected chi connectivity index (χ0v) is 14.9. The summed E-state index contributed by atoms with van der Waals surface area (Å²) in [6.07, 6.45) is 5.60. The SMILES string of the molecule is Cn1cc(C2CCCN(S(=O)(=O)c3ccc4c(c3)OCCO4)C2)cn1. The van der Waals surface area contributed by atoms with Gasteiger partial charge in [0.1, 0.15) is 13.2 Å².